The van der Waals surface area contributed by atoms with Crippen molar-refractivity contribution >= 4 is 5.71 Å². The first-order chi connectivity index (χ1) is 16.8. The Morgan fingerprint density at radius 2 is 1.24 bits per heavy atom. The van der Waals surface area contributed by atoms with Crippen molar-refractivity contribution in [1.82, 2.24) is 0 Å². The van der Waals surface area contributed by atoms with E-state index in [9.17, 15) is 5.21 Å². The molecule has 0 aliphatic carbocycles. The first kappa shape index (κ1) is 23.9. The van der Waals surface area contributed by atoms with Crippen LogP contribution in [0.1, 0.15) is 23.6 Å². The van der Waals surface area contributed by atoms with Crippen molar-refractivity contribution in [2.75, 3.05) is 6.61 Å². The zero-order chi connectivity index (χ0) is 23.6. The summed E-state index contributed by atoms with van der Waals surface area (Å²) < 4.78 is 19.7. The van der Waals surface area contributed by atoms with E-state index < -0.39 is 18.2 Å². The zero-order valence-electron chi connectivity index (χ0n) is 19.5. The zero-order valence-corrected chi connectivity index (χ0v) is 19.5. The van der Waals surface area contributed by atoms with Gasteiger partial charge in [0.1, 0.15) is 6.61 Å². The number of benzene rings is 3. The number of hydrogen-bond acceptors (Lipinski definition) is 4. The predicted octanol–water partition coefficient (Wildman–Crippen LogP) is 5.28. The van der Waals surface area contributed by atoms with Crippen LogP contribution < -0.4 is 0 Å². The number of hydrogen-bond donors (Lipinski definition) is 0. The van der Waals surface area contributed by atoms with Crippen LogP contribution in [-0.4, -0.2) is 35.3 Å². The van der Waals surface area contributed by atoms with Gasteiger partial charge >= 0.3 is 0 Å². The first-order valence-electron chi connectivity index (χ1n) is 11.6. The van der Waals surface area contributed by atoms with Gasteiger partial charge in [0, 0.05) is 6.08 Å². The van der Waals surface area contributed by atoms with Crippen molar-refractivity contribution in [2.45, 2.75) is 45.0 Å². The van der Waals surface area contributed by atoms with Gasteiger partial charge in [0.2, 0.25) is 11.8 Å². The minimum absolute atomic E-state index is 0.240. The van der Waals surface area contributed by atoms with Crippen molar-refractivity contribution in [1.29, 1.82) is 0 Å². The highest BCUT2D eigenvalue weighted by Crippen LogP contribution is 2.25. The molecule has 0 unspecified atom stereocenters. The van der Waals surface area contributed by atoms with Gasteiger partial charge in [0.25, 0.3) is 0 Å². The average molecular weight is 458 g/mol. The van der Waals surface area contributed by atoms with Gasteiger partial charge in [-0.15, -0.1) is 0 Å². The third-order valence-corrected chi connectivity index (χ3v) is 5.82. The molecule has 0 saturated carbocycles. The van der Waals surface area contributed by atoms with Gasteiger partial charge in [-0.25, -0.2) is 0 Å². The molecule has 34 heavy (non-hydrogen) atoms. The van der Waals surface area contributed by atoms with Crippen LogP contribution in [0, 0.1) is 5.21 Å². The van der Waals surface area contributed by atoms with Gasteiger partial charge in [-0.2, -0.15) is 4.74 Å². The number of hydroxylamine groups is 1. The number of nitrogens with zero attached hydrogens (tertiary/aromatic N) is 1. The maximum Gasteiger partial charge on any atom is 0.219 e. The minimum atomic E-state index is -0.514. The van der Waals surface area contributed by atoms with Crippen LogP contribution in [0.3, 0.4) is 0 Å². The highest BCUT2D eigenvalue weighted by atomic mass is 16.6. The molecule has 3 aromatic carbocycles. The van der Waals surface area contributed by atoms with Crippen LogP contribution in [0.2, 0.25) is 0 Å². The molecule has 0 N–H and O–H groups in total. The Kier molecular flexibility index (Phi) is 8.63. The molecular formula is C29H31NO4. The summed E-state index contributed by atoms with van der Waals surface area (Å²) in [6, 6.07) is 29.4. The molecule has 0 radical (unpaired) electrons. The molecule has 1 aliphatic rings. The van der Waals surface area contributed by atoms with E-state index >= 15 is 0 Å². The molecule has 5 heteroatoms. The Balaban J connectivity index is 1.52. The van der Waals surface area contributed by atoms with Gasteiger partial charge in [-0.3, -0.25) is 0 Å². The molecule has 1 aliphatic heterocycles. The molecule has 176 valence electrons. The Morgan fingerprint density at radius 3 is 1.76 bits per heavy atom. The molecule has 0 amide bonds. The Bertz CT molecular complexity index is 1070. The second-order valence-corrected chi connectivity index (χ2v) is 8.30. The Labute approximate surface area is 201 Å². The quantitative estimate of drug-likeness (QED) is 0.290. The van der Waals surface area contributed by atoms with Crippen molar-refractivity contribution in [3.8, 4) is 0 Å². The Morgan fingerprint density at radius 1 is 0.735 bits per heavy atom. The normalized spacial score (nSPS) is 20.3. The van der Waals surface area contributed by atoms with E-state index in [1.54, 1.807) is 0 Å². The van der Waals surface area contributed by atoms with Crippen molar-refractivity contribution in [3.05, 3.63) is 125 Å². The molecule has 0 spiro atoms. The van der Waals surface area contributed by atoms with E-state index in [0.29, 0.717) is 25.5 Å². The average Bonchev–Trinajstić information content (AvgIpc) is 3.13. The first-order valence-corrected chi connectivity index (χ1v) is 11.6. The van der Waals surface area contributed by atoms with Crippen LogP contribution >= 0.6 is 0 Å². The fourth-order valence-corrected chi connectivity index (χ4v) is 4.10. The van der Waals surface area contributed by atoms with Crippen LogP contribution in [-0.2, 0) is 34.0 Å². The number of ether oxygens (including phenoxy) is 3. The molecule has 3 atom stereocenters. The summed E-state index contributed by atoms with van der Waals surface area (Å²) in [6.45, 7) is 3.36. The van der Waals surface area contributed by atoms with E-state index in [4.69, 9.17) is 14.2 Å². The van der Waals surface area contributed by atoms with Crippen molar-refractivity contribution < 1.29 is 18.9 Å². The fourth-order valence-electron chi connectivity index (χ4n) is 4.10. The third-order valence-electron chi connectivity index (χ3n) is 5.82. The predicted molar refractivity (Wildman–Crippen MR) is 133 cm³/mol. The number of allylic oxidation sites excluding steroid dienone is 1. The molecule has 0 saturated heterocycles. The molecule has 0 aromatic heterocycles. The van der Waals surface area contributed by atoms with Gasteiger partial charge < -0.3 is 19.4 Å². The van der Waals surface area contributed by atoms with Crippen LogP contribution in [0.15, 0.2) is 103 Å². The Hall–Kier alpha value is -3.25. The van der Waals surface area contributed by atoms with Gasteiger partial charge in [-0.05, 0) is 23.6 Å². The lowest BCUT2D eigenvalue weighted by Crippen LogP contribution is -2.41. The summed E-state index contributed by atoms with van der Waals surface area (Å²) in [5, 5.41) is 13.4. The second kappa shape index (κ2) is 12.3. The lowest BCUT2D eigenvalue weighted by Gasteiger charge is -2.23. The van der Waals surface area contributed by atoms with E-state index in [1.807, 2.05) is 110 Å². The number of rotatable bonds is 11. The van der Waals surface area contributed by atoms with E-state index in [1.165, 1.54) is 0 Å². The fraction of sp³-hybridized carbons (Fsp3) is 0.276. The van der Waals surface area contributed by atoms with Crippen molar-refractivity contribution in [2.24, 2.45) is 0 Å². The van der Waals surface area contributed by atoms with Gasteiger partial charge in [-0.1, -0.05) is 97.1 Å². The van der Waals surface area contributed by atoms with Gasteiger partial charge in [0.05, 0.1) is 19.8 Å². The summed E-state index contributed by atoms with van der Waals surface area (Å²) in [4.78, 5) is 0. The van der Waals surface area contributed by atoms with Crippen LogP contribution in [0.25, 0.3) is 0 Å². The molecule has 0 bridgehead atoms. The minimum Gasteiger partial charge on any atom is -0.623 e. The van der Waals surface area contributed by atoms with Gasteiger partial charge in [0.15, 0.2) is 12.2 Å². The van der Waals surface area contributed by atoms with E-state index in [-0.39, 0.29) is 6.61 Å². The maximum absolute atomic E-state index is 13.4. The standard InChI is InChI=1S/C29H31NO4/c1-2-12-26-28(33-20-24-15-8-4-9-16-24)29(34-21-25-17-10-5-11-18-25)27(30(26)31)22-32-19-23-13-6-3-7-14-23/h2-18,27-29H,19-22H2,1H3/b12-2+/t27-,28-,29-/m1/s1. The SMILES string of the molecule is C/C=C/C1=[N+]([O-])[C@H](COCc2ccccc2)[C@@H](OCc2ccccc2)[C@@H]1OCc1ccccc1. The summed E-state index contributed by atoms with van der Waals surface area (Å²) in [5.74, 6) is 0. The van der Waals surface area contributed by atoms with E-state index in [0.717, 1.165) is 21.4 Å². The smallest absolute Gasteiger partial charge is 0.219 e. The lowest BCUT2D eigenvalue weighted by molar-refractivity contribution is -0.507. The highest BCUT2D eigenvalue weighted by molar-refractivity contribution is 5.96. The summed E-state index contributed by atoms with van der Waals surface area (Å²) in [6.07, 6.45) is 2.71. The van der Waals surface area contributed by atoms with Crippen molar-refractivity contribution in [3.63, 3.8) is 0 Å². The summed E-state index contributed by atoms with van der Waals surface area (Å²) in [5.41, 5.74) is 3.72. The summed E-state index contributed by atoms with van der Waals surface area (Å²) in [7, 11) is 0. The van der Waals surface area contributed by atoms with E-state index in [2.05, 4.69) is 0 Å². The van der Waals surface area contributed by atoms with Crippen LogP contribution in [0.5, 0.6) is 0 Å². The highest BCUT2D eigenvalue weighted by Gasteiger charge is 2.49. The monoisotopic (exact) mass is 457 g/mol. The molecule has 1 heterocycles. The topological polar surface area (TPSA) is 53.8 Å². The lowest BCUT2D eigenvalue weighted by atomic mass is 10.1. The molecular weight excluding hydrogens is 426 g/mol. The second-order valence-electron chi connectivity index (χ2n) is 8.30. The molecule has 3 aromatic rings. The molecule has 4 rings (SSSR count). The summed E-state index contributed by atoms with van der Waals surface area (Å²) >= 11 is 0. The third kappa shape index (κ3) is 6.20. The molecule has 0 fully saturated rings. The largest absolute Gasteiger partial charge is 0.623 e. The molecule has 5 nitrogen and oxygen atoms in total. The van der Waals surface area contributed by atoms with Crippen LogP contribution in [0.4, 0.5) is 0 Å². The maximum atomic E-state index is 13.4.